The molecule has 1 aromatic carbocycles. The maximum absolute atomic E-state index is 10.3. The Hall–Kier alpha value is -2.43. The number of rotatable bonds is 3. The summed E-state index contributed by atoms with van der Waals surface area (Å²) in [7, 11) is 0. The monoisotopic (exact) mass is 216 g/mol. The number of nitrogens with zero attached hydrogens (tertiary/aromatic N) is 2. The van der Waals surface area contributed by atoms with Crippen LogP contribution in [-0.4, -0.2) is 21.3 Å². The minimum Gasteiger partial charge on any atom is -0.478 e. The van der Waals surface area contributed by atoms with Gasteiger partial charge in [-0.3, -0.25) is 0 Å². The van der Waals surface area contributed by atoms with Gasteiger partial charge in [-0.25, -0.2) is 4.79 Å². The lowest BCUT2D eigenvalue weighted by atomic mass is 10.2. The molecule has 0 fully saturated rings. The van der Waals surface area contributed by atoms with Crippen molar-refractivity contribution in [3.63, 3.8) is 0 Å². The third kappa shape index (κ3) is 2.33. The zero-order valence-corrected chi connectivity index (χ0v) is 8.20. The number of carbonyl (C=O) groups is 1. The summed E-state index contributed by atoms with van der Waals surface area (Å²) in [6, 6.07) is 9.25. The number of hydrogen-bond donors (Lipinski definition) is 1. The van der Waals surface area contributed by atoms with Gasteiger partial charge < -0.3 is 9.52 Å². The molecule has 0 aliphatic carbocycles. The lowest BCUT2D eigenvalue weighted by molar-refractivity contribution is -0.131. The van der Waals surface area contributed by atoms with Gasteiger partial charge in [-0.1, -0.05) is 18.2 Å². The normalized spacial score (nSPS) is 10.8. The summed E-state index contributed by atoms with van der Waals surface area (Å²) < 4.78 is 5.25. The summed E-state index contributed by atoms with van der Waals surface area (Å²) in [5.41, 5.74) is 0.796. The molecule has 1 aromatic heterocycles. The molecular formula is C11H8N2O3. The quantitative estimate of drug-likeness (QED) is 0.792. The van der Waals surface area contributed by atoms with Crippen molar-refractivity contribution in [1.29, 1.82) is 0 Å². The van der Waals surface area contributed by atoms with Crippen molar-refractivity contribution in [2.75, 3.05) is 0 Å². The van der Waals surface area contributed by atoms with E-state index in [0.29, 0.717) is 5.89 Å². The summed E-state index contributed by atoms with van der Waals surface area (Å²) in [5, 5.41) is 15.9. The molecule has 0 amide bonds. The van der Waals surface area contributed by atoms with Crippen LogP contribution in [0.2, 0.25) is 0 Å². The van der Waals surface area contributed by atoms with Crippen molar-refractivity contribution >= 4 is 12.0 Å². The number of hydrogen-bond acceptors (Lipinski definition) is 4. The molecule has 16 heavy (non-hydrogen) atoms. The van der Waals surface area contributed by atoms with Crippen molar-refractivity contribution in [2.45, 2.75) is 0 Å². The first-order chi connectivity index (χ1) is 7.75. The van der Waals surface area contributed by atoms with Crippen LogP contribution in [0.15, 0.2) is 40.8 Å². The largest absolute Gasteiger partial charge is 0.478 e. The van der Waals surface area contributed by atoms with Gasteiger partial charge in [0.15, 0.2) is 0 Å². The highest BCUT2D eigenvalue weighted by Gasteiger charge is 2.05. The molecular weight excluding hydrogens is 208 g/mol. The molecule has 5 heteroatoms. The molecule has 0 atom stereocenters. The Morgan fingerprint density at radius 1 is 1.25 bits per heavy atom. The Kier molecular flexibility index (Phi) is 2.77. The van der Waals surface area contributed by atoms with Crippen LogP contribution in [-0.2, 0) is 4.79 Å². The van der Waals surface area contributed by atoms with Gasteiger partial charge in [0.2, 0.25) is 11.8 Å². The van der Waals surface area contributed by atoms with Crippen LogP contribution in [0.1, 0.15) is 5.89 Å². The van der Waals surface area contributed by atoms with E-state index in [4.69, 9.17) is 9.52 Å². The third-order valence-corrected chi connectivity index (χ3v) is 1.83. The van der Waals surface area contributed by atoms with E-state index in [2.05, 4.69) is 10.2 Å². The van der Waals surface area contributed by atoms with Crippen LogP contribution in [0.25, 0.3) is 17.5 Å². The van der Waals surface area contributed by atoms with Gasteiger partial charge in [-0.2, -0.15) is 0 Å². The average molecular weight is 216 g/mol. The topological polar surface area (TPSA) is 76.2 Å². The summed E-state index contributed by atoms with van der Waals surface area (Å²) >= 11 is 0. The second-order valence-corrected chi connectivity index (χ2v) is 2.98. The van der Waals surface area contributed by atoms with Crippen molar-refractivity contribution in [3.05, 3.63) is 42.3 Å². The Bertz CT molecular complexity index is 517. The van der Waals surface area contributed by atoms with Crippen LogP contribution >= 0.6 is 0 Å². The van der Waals surface area contributed by atoms with Gasteiger partial charge in [0.25, 0.3) is 0 Å². The first-order valence-electron chi connectivity index (χ1n) is 4.55. The molecule has 2 aromatic rings. The minimum absolute atomic E-state index is 0.168. The second-order valence-electron chi connectivity index (χ2n) is 2.98. The highest BCUT2D eigenvalue weighted by atomic mass is 16.4. The van der Waals surface area contributed by atoms with E-state index in [0.717, 1.165) is 11.6 Å². The van der Waals surface area contributed by atoms with Gasteiger partial charge in [-0.15, -0.1) is 10.2 Å². The molecule has 1 heterocycles. The molecule has 80 valence electrons. The van der Waals surface area contributed by atoms with E-state index in [1.807, 2.05) is 30.3 Å². The molecule has 2 rings (SSSR count). The number of carboxylic acid groups (broad SMARTS) is 1. The standard InChI is InChI=1S/C11H8N2O3/c14-10(15)7-6-9-12-13-11(16-9)8-4-2-1-3-5-8/h1-7H,(H,14,15). The van der Waals surface area contributed by atoms with E-state index in [-0.39, 0.29) is 5.89 Å². The Morgan fingerprint density at radius 2 is 2.00 bits per heavy atom. The van der Waals surface area contributed by atoms with Crippen molar-refractivity contribution in [3.8, 4) is 11.5 Å². The molecule has 0 spiro atoms. The lowest BCUT2D eigenvalue weighted by Gasteiger charge is -1.90. The second kappa shape index (κ2) is 4.39. The number of carboxylic acids is 1. The zero-order valence-electron chi connectivity index (χ0n) is 8.20. The van der Waals surface area contributed by atoms with Crippen LogP contribution in [0.5, 0.6) is 0 Å². The maximum atomic E-state index is 10.3. The first kappa shape index (κ1) is 10.1. The van der Waals surface area contributed by atoms with Gasteiger partial charge in [-0.05, 0) is 12.1 Å². The summed E-state index contributed by atoms with van der Waals surface area (Å²) in [4.78, 5) is 10.3. The molecule has 5 nitrogen and oxygen atoms in total. The Balaban J connectivity index is 2.23. The van der Waals surface area contributed by atoms with E-state index in [1.54, 1.807) is 0 Å². The molecule has 1 N–H and O–H groups in total. The van der Waals surface area contributed by atoms with Gasteiger partial charge in [0.05, 0.1) is 0 Å². The summed E-state index contributed by atoms with van der Waals surface area (Å²) in [6.07, 6.45) is 2.20. The fourth-order valence-corrected chi connectivity index (χ4v) is 1.14. The average Bonchev–Trinajstić information content (AvgIpc) is 2.76. The summed E-state index contributed by atoms with van der Waals surface area (Å²) in [6.45, 7) is 0. The van der Waals surface area contributed by atoms with Crippen LogP contribution in [0.3, 0.4) is 0 Å². The first-order valence-corrected chi connectivity index (χ1v) is 4.55. The number of benzene rings is 1. The van der Waals surface area contributed by atoms with Crippen LogP contribution in [0.4, 0.5) is 0 Å². The molecule has 0 saturated heterocycles. The summed E-state index contributed by atoms with van der Waals surface area (Å²) in [5.74, 6) is -0.522. The lowest BCUT2D eigenvalue weighted by Crippen LogP contribution is -1.85. The third-order valence-electron chi connectivity index (χ3n) is 1.83. The Morgan fingerprint density at radius 3 is 2.69 bits per heavy atom. The molecule has 0 radical (unpaired) electrons. The maximum Gasteiger partial charge on any atom is 0.328 e. The van der Waals surface area contributed by atoms with E-state index < -0.39 is 5.97 Å². The van der Waals surface area contributed by atoms with Gasteiger partial charge in [0, 0.05) is 17.7 Å². The van der Waals surface area contributed by atoms with E-state index in [9.17, 15) is 4.79 Å². The molecule has 0 unspecified atom stereocenters. The molecule has 0 saturated carbocycles. The number of aliphatic carboxylic acids is 1. The molecule has 0 aliphatic heterocycles. The van der Waals surface area contributed by atoms with Crippen molar-refractivity contribution in [2.24, 2.45) is 0 Å². The SMILES string of the molecule is O=C(O)C=Cc1nnc(-c2ccccc2)o1. The van der Waals surface area contributed by atoms with E-state index in [1.165, 1.54) is 6.08 Å². The smallest absolute Gasteiger partial charge is 0.328 e. The highest BCUT2D eigenvalue weighted by molar-refractivity contribution is 5.84. The molecule has 0 aliphatic rings. The van der Waals surface area contributed by atoms with Gasteiger partial charge >= 0.3 is 5.97 Å². The predicted octanol–water partition coefficient (Wildman–Crippen LogP) is 1.83. The van der Waals surface area contributed by atoms with Crippen molar-refractivity contribution < 1.29 is 14.3 Å². The fraction of sp³-hybridized carbons (Fsp3) is 0. The van der Waals surface area contributed by atoms with E-state index >= 15 is 0 Å². The van der Waals surface area contributed by atoms with Crippen molar-refractivity contribution in [1.82, 2.24) is 10.2 Å². The van der Waals surface area contributed by atoms with Crippen LogP contribution < -0.4 is 0 Å². The Labute approximate surface area is 91.1 Å². The number of aromatic nitrogens is 2. The predicted molar refractivity (Wildman–Crippen MR) is 56.4 cm³/mol. The fourth-order valence-electron chi connectivity index (χ4n) is 1.14. The van der Waals surface area contributed by atoms with Gasteiger partial charge in [0.1, 0.15) is 0 Å². The highest BCUT2D eigenvalue weighted by Crippen LogP contribution is 2.17. The zero-order chi connectivity index (χ0) is 11.4. The van der Waals surface area contributed by atoms with Crippen LogP contribution in [0, 0.1) is 0 Å². The molecule has 0 bridgehead atoms. The minimum atomic E-state index is -1.06.